The Bertz CT molecular complexity index is 471. The number of nitrogens with zero attached hydrogens (tertiary/aromatic N) is 1. The minimum Gasteiger partial charge on any atom is -0.256 e. The van der Waals surface area contributed by atoms with Gasteiger partial charge in [-0.2, -0.15) is 12.6 Å². The van der Waals surface area contributed by atoms with Crippen molar-refractivity contribution >= 4 is 29.6 Å². The zero-order valence-electron chi connectivity index (χ0n) is 8.43. The minimum absolute atomic E-state index is 0.888. The van der Waals surface area contributed by atoms with Crippen LogP contribution in [0.5, 0.6) is 0 Å². The van der Waals surface area contributed by atoms with Gasteiger partial charge in [0.25, 0.3) is 0 Å². The number of hydrogen-bond acceptors (Lipinski definition) is 2. The Hall–Kier alpha value is -1.28. The van der Waals surface area contributed by atoms with Crippen LogP contribution in [0.25, 0.3) is 17.0 Å². The molecule has 1 nitrogen and oxygen atoms in total. The number of benzene rings is 1. The molecule has 0 aliphatic carbocycles. The van der Waals surface area contributed by atoms with E-state index in [1.54, 1.807) is 0 Å². The van der Waals surface area contributed by atoms with Crippen LogP contribution in [0.3, 0.4) is 0 Å². The Morgan fingerprint density at radius 1 is 1.20 bits per heavy atom. The fraction of sp³-hybridized carbons (Fsp3) is 0.154. The molecule has 0 atom stereocenters. The molecule has 1 aromatic carbocycles. The summed E-state index contributed by atoms with van der Waals surface area (Å²) in [5, 5.41) is 1.20. The predicted octanol–water partition coefficient (Wildman–Crippen LogP) is 3.57. The van der Waals surface area contributed by atoms with E-state index in [0.717, 1.165) is 17.7 Å². The number of rotatable bonds is 3. The van der Waals surface area contributed by atoms with Crippen LogP contribution in [0.2, 0.25) is 0 Å². The van der Waals surface area contributed by atoms with E-state index in [2.05, 4.69) is 41.9 Å². The largest absolute Gasteiger partial charge is 0.256 e. The summed E-state index contributed by atoms with van der Waals surface area (Å²) in [6.07, 6.45) is 7.11. The lowest BCUT2D eigenvalue weighted by Gasteiger charge is -2.00. The maximum absolute atomic E-state index is 4.32. The number of allylic oxidation sites excluding steroid dienone is 1. The smallest absolute Gasteiger partial charge is 0.0707 e. The maximum atomic E-state index is 4.32. The van der Waals surface area contributed by atoms with Crippen molar-refractivity contribution in [2.24, 2.45) is 0 Å². The van der Waals surface area contributed by atoms with Gasteiger partial charge in [-0.3, -0.25) is 4.98 Å². The molecule has 76 valence electrons. The van der Waals surface area contributed by atoms with E-state index >= 15 is 0 Å². The van der Waals surface area contributed by atoms with Crippen LogP contribution in [-0.2, 0) is 0 Å². The molecule has 1 heterocycles. The lowest BCUT2D eigenvalue weighted by molar-refractivity contribution is 1.26. The van der Waals surface area contributed by atoms with Gasteiger partial charge in [-0.05, 0) is 29.9 Å². The van der Waals surface area contributed by atoms with Crippen LogP contribution in [-0.4, -0.2) is 10.7 Å². The molecule has 0 unspecified atom stereocenters. The third-order valence-corrected chi connectivity index (χ3v) is 2.53. The van der Waals surface area contributed by atoms with Crippen molar-refractivity contribution < 1.29 is 0 Å². The summed E-state index contributed by atoms with van der Waals surface area (Å²) >= 11 is 4.18. The molecule has 15 heavy (non-hydrogen) atoms. The summed E-state index contributed by atoms with van der Waals surface area (Å²) in [7, 11) is 0. The second kappa shape index (κ2) is 4.99. The van der Waals surface area contributed by atoms with Crippen LogP contribution in [0, 0.1) is 0 Å². The van der Waals surface area contributed by atoms with E-state index in [1.165, 1.54) is 10.9 Å². The van der Waals surface area contributed by atoms with Crippen LogP contribution in [0.15, 0.2) is 42.6 Å². The van der Waals surface area contributed by atoms with Gasteiger partial charge < -0.3 is 0 Å². The zero-order valence-corrected chi connectivity index (χ0v) is 9.32. The monoisotopic (exact) mass is 215 g/mol. The van der Waals surface area contributed by atoms with E-state index in [0.29, 0.717) is 0 Å². The van der Waals surface area contributed by atoms with Crippen molar-refractivity contribution in [2.45, 2.75) is 6.42 Å². The van der Waals surface area contributed by atoms with E-state index in [9.17, 15) is 0 Å². The molecule has 0 bridgehead atoms. The van der Waals surface area contributed by atoms with Crippen LogP contribution in [0.4, 0.5) is 0 Å². The first-order chi connectivity index (χ1) is 7.42. The molecule has 0 amide bonds. The molecule has 0 spiro atoms. The van der Waals surface area contributed by atoms with Crippen molar-refractivity contribution in [2.75, 3.05) is 5.75 Å². The SMILES string of the molecule is SCCC=Cc1cccc2ncccc12. The molecule has 2 heteroatoms. The summed E-state index contributed by atoms with van der Waals surface area (Å²) in [5.74, 6) is 0.888. The van der Waals surface area contributed by atoms with Crippen LogP contribution >= 0.6 is 12.6 Å². The first-order valence-corrected chi connectivity index (χ1v) is 5.66. The van der Waals surface area contributed by atoms with Gasteiger partial charge in [-0.15, -0.1) is 0 Å². The molecular formula is C13H13NS. The highest BCUT2D eigenvalue weighted by Gasteiger charge is 1.96. The molecule has 2 rings (SSSR count). The maximum Gasteiger partial charge on any atom is 0.0707 e. The van der Waals surface area contributed by atoms with Gasteiger partial charge in [0.2, 0.25) is 0 Å². The fourth-order valence-corrected chi connectivity index (χ4v) is 1.71. The standard InChI is InChI=1S/C13H13NS/c15-10-2-1-5-11-6-3-8-13-12(11)7-4-9-14-13/h1,3-9,15H,2,10H2. The zero-order chi connectivity index (χ0) is 10.5. The normalized spacial score (nSPS) is 11.3. The molecule has 0 fully saturated rings. The highest BCUT2D eigenvalue weighted by Crippen LogP contribution is 2.17. The van der Waals surface area contributed by atoms with Crippen molar-refractivity contribution in [1.29, 1.82) is 0 Å². The first-order valence-electron chi connectivity index (χ1n) is 5.03. The first kappa shape index (κ1) is 10.2. The van der Waals surface area contributed by atoms with E-state index in [-0.39, 0.29) is 0 Å². The van der Waals surface area contributed by atoms with Crippen molar-refractivity contribution in [3.8, 4) is 0 Å². The third kappa shape index (κ3) is 2.39. The van der Waals surface area contributed by atoms with Gasteiger partial charge in [0.1, 0.15) is 0 Å². The Morgan fingerprint density at radius 3 is 3.00 bits per heavy atom. The van der Waals surface area contributed by atoms with Crippen molar-refractivity contribution in [1.82, 2.24) is 4.98 Å². The summed E-state index contributed by atoms with van der Waals surface area (Å²) in [6, 6.07) is 10.3. The summed E-state index contributed by atoms with van der Waals surface area (Å²) < 4.78 is 0. The number of hydrogen-bond donors (Lipinski definition) is 1. The van der Waals surface area contributed by atoms with Crippen molar-refractivity contribution in [3.05, 3.63) is 48.2 Å². The summed E-state index contributed by atoms with van der Waals surface area (Å²) in [6.45, 7) is 0. The van der Waals surface area contributed by atoms with Gasteiger partial charge >= 0.3 is 0 Å². The third-order valence-electron chi connectivity index (χ3n) is 2.27. The quantitative estimate of drug-likeness (QED) is 0.772. The fourth-order valence-electron chi connectivity index (χ4n) is 1.56. The number of thiol groups is 1. The molecule has 0 aliphatic heterocycles. The highest BCUT2D eigenvalue weighted by molar-refractivity contribution is 7.80. The van der Waals surface area contributed by atoms with Gasteiger partial charge in [0.05, 0.1) is 5.52 Å². The van der Waals surface area contributed by atoms with Gasteiger partial charge in [-0.1, -0.05) is 30.4 Å². The predicted molar refractivity (Wildman–Crippen MR) is 69.2 cm³/mol. The molecular weight excluding hydrogens is 202 g/mol. The number of fused-ring (bicyclic) bond motifs is 1. The second-order valence-corrected chi connectivity index (χ2v) is 3.78. The van der Waals surface area contributed by atoms with E-state index < -0.39 is 0 Å². The molecule has 0 saturated heterocycles. The lowest BCUT2D eigenvalue weighted by atomic mass is 10.1. The van der Waals surface area contributed by atoms with Gasteiger partial charge in [0.15, 0.2) is 0 Å². The van der Waals surface area contributed by atoms with Crippen LogP contribution in [0.1, 0.15) is 12.0 Å². The topological polar surface area (TPSA) is 12.9 Å². The van der Waals surface area contributed by atoms with Gasteiger partial charge in [-0.25, -0.2) is 0 Å². The van der Waals surface area contributed by atoms with Gasteiger partial charge in [0, 0.05) is 11.6 Å². The lowest BCUT2D eigenvalue weighted by Crippen LogP contribution is -1.80. The highest BCUT2D eigenvalue weighted by atomic mass is 32.1. The van der Waals surface area contributed by atoms with E-state index in [4.69, 9.17) is 0 Å². The average molecular weight is 215 g/mol. The Kier molecular flexibility index (Phi) is 3.41. The molecule has 0 N–H and O–H groups in total. The average Bonchev–Trinajstić information content (AvgIpc) is 2.30. The summed E-state index contributed by atoms with van der Waals surface area (Å²) in [5.41, 5.74) is 2.27. The number of aromatic nitrogens is 1. The number of pyridine rings is 1. The van der Waals surface area contributed by atoms with Crippen molar-refractivity contribution in [3.63, 3.8) is 0 Å². The molecule has 0 radical (unpaired) electrons. The summed E-state index contributed by atoms with van der Waals surface area (Å²) in [4.78, 5) is 4.32. The van der Waals surface area contributed by atoms with E-state index in [1.807, 2.05) is 24.4 Å². The Balaban J connectivity index is 2.42. The molecule has 0 saturated carbocycles. The molecule has 2 aromatic rings. The Labute approximate surface area is 95.3 Å². The molecule has 0 aliphatic rings. The minimum atomic E-state index is 0.888. The Morgan fingerprint density at radius 2 is 2.13 bits per heavy atom. The molecule has 1 aromatic heterocycles. The second-order valence-electron chi connectivity index (χ2n) is 3.33. The van der Waals surface area contributed by atoms with Crippen LogP contribution < -0.4 is 0 Å².